The number of anilines is 1. The fraction of sp³-hybridized carbons (Fsp3) is 0.389. The molecule has 1 fully saturated rings. The number of rotatable bonds is 3. The summed E-state index contributed by atoms with van der Waals surface area (Å²) in [6.45, 7) is 6.41. The lowest BCUT2D eigenvalue weighted by molar-refractivity contribution is 0.225. The fourth-order valence-corrected chi connectivity index (χ4v) is 3.23. The van der Waals surface area contributed by atoms with Crippen molar-refractivity contribution in [3.05, 3.63) is 52.7 Å². The van der Waals surface area contributed by atoms with Gasteiger partial charge < -0.3 is 13.9 Å². The van der Waals surface area contributed by atoms with Crippen LogP contribution in [0.5, 0.6) is 0 Å². The first-order valence-corrected chi connectivity index (χ1v) is 8.44. The minimum atomic E-state index is -0.0115. The molecule has 1 aromatic carbocycles. The van der Waals surface area contributed by atoms with Gasteiger partial charge in [0.05, 0.1) is 30.0 Å². The van der Waals surface area contributed by atoms with E-state index in [0.29, 0.717) is 5.39 Å². The van der Waals surface area contributed by atoms with Crippen molar-refractivity contribution < 1.29 is 4.42 Å². The first-order valence-electron chi connectivity index (χ1n) is 8.44. The van der Waals surface area contributed by atoms with Gasteiger partial charge in [0.25, 0.3) is 5.56 Å². The lowest BCUT2D eigenvalue weighted by Crippen LogP contribution is -2.46. The van der Waals surface area contributed by atoms with E-state index in [4.69, 9.17) is 4.42 Å². The van der Waals surface area contributed by atoms with Crippen LogP contribution in [0.4, 0.5) is 5.69 Å². The zero-order chi connectivity index (χ0) is 17.4. The van der Waals surface area contributed by atoms with Gasteiger partial charge in [0.2, 0.25) is 5.89 Å². The number of aryl methyl sites for hydroxylation is 2. The number of hydrogen-bond acceptors (Lipinski definition) is 6. The van der Waals surface area contributed by atoms with Crippen molar-refractivity contribution in [3.63, 3.8) is 0 Å². The monoisotopic (exact) mass is 339 g/mol. The van der Waals surface area contributed by atoms with Gasteiger partial charge >= 0.3 is 0 Å². The largest absolute Gasteiger partial charge is 0.445 e. The molecule has 0 atom stereocenters. The molecule has 0 amide bonds. The molecular formula is C18H21N5O2. The number of oxazole rings is 1. The maximum atomic E-state index is 12.1. The minimum Gasteiger partial charge on any atom is -0.445 e. The average molecular weight is 339 g/mol. The molecule has 0 N–H and O–H groups in total. The van der Waals surface area contributed by atoms with Crippen LogP contribution >= 0.6 is 0 Å². The highest BCUT2D eigenvalue weighted by atomic mass is 16.4. The van der Waals surface area contributed by atoms with Gasteiger partial charge in [0.15, 0.2) is 0 Å². The minimum absolute atomic E-state index is 0.0115. The van der Waals surface area contributed by atoms with Crippen LogP contribution in [0.2, 0.25) is 0 Å². The van der Waals surface area contributed by atoms with Crippen LogP contribution in [0.25, 0.3) is 10.9 Å². The number of nitrogens with zero attached hydrogens (tertiary/aromatic N) is 5. The lowest BCUT2D eigenvalue weighted by atomic mass is 10.2. The average Bonchev–Trinajstić information content (AvgIpc) is 3.03. The molecule has 7 nitrogen and oxygen atoms in total. The Kier molecular flexibility index (Phi) is 4.01. The van der Waals surface area contributed by atoms with Gasteiger partial charge in [-0.25, -0.2) is 9.97 Å². The molecule has 25 heavy (non-hydrogen) atoms. The van der Waals surface area contributed by atoms with Crippen molar-refractivity contribution in [2.75, 3.05) is 31.1 Å². The molecule has 0 aliphatic carbocycles. The third-order valence-electron chi connectivity index (χ3n) is 4.67. The molecule has 1 aliphatic rings. The topological polar surface area (TPSA) is 67.4 Å². The summed E-state index contributed by atoms with van der Waals surface area (Å²) in [6.07, 6.45) is 3.34. The third-order valence-corrected chi connectivity index (χ3v) is 4.67. The van der Waals surface area contributed by atoms with Crippen LogP contribution < -0.4 is 10.5 Å². The van der Waals surface area contributed by atoms with Crippen molar-refractivity contribution >= 4 is 16.6 Å². The Bertz CT molecular complexity index is 953. The van der Waals surface area contributed by atoms with Gasteiger partial charge in [0.1, 0.15) is 5.76 Å². The molecule has 0 unspecified atom stereocenters. The molecule has 130 valence electrons. The molecular weight excluding hydrogens is 318 g/mol. The summed E-state index contributed by atoms with van der Waals surface area (Å²) in [5.74, 6) is 1.63. The Balaban J connectivity index is 1.46. The SMILES string of the molecule is Cc1cnc(CN2CCN(c3ccc4c(=O)n(C)cnc4c3)CC2)o1. The Morgan fingerprint density at radius 1 is 1.16 bits per heavy atom. The first kappa shape index (κ1) is 15.8. The van der Waals surface area contributed by atoms with E-state index in [2.05, 4.69) is 19.8 Å². The Hall–Kier alpha value is -2.67. The van der Waals surface area contributed by atoms with E-state index in [-0.39, 0.29) is 5.56 Å². The zero-order valence-corrected chi connectivity index (χ0v) is 14.5. The molecule has 0 spiro atoms. The molecule has 7 heteroatoms. The quantitative estimate of drug-likeness (QED) is 0.721. The normalized spacial score (nSPS) is 15.8. The van der Waals surface area contributed by atoms with Gasteiger partial charge in [-0.05, 0) is 25.1 Å². The van der Waals surface area contributed by atoms with Gasteiger partial charge in [-0.1, -0.05) is 0 Å². The summed E-state index contributed by atoms with van der Waals surface area (Å²) < 4.78 is 7.07. The molecule has 2 aromatic heterocycles. The molecule has 0 saturated carbocycles. The third kappa shape index (κ3) is 3.15. The second-order valence-corrected chi connectivity index (χ2v) is 6.49. The van der Waals surface area contributed by atoms with Crippen molar-refractivity contribution in [1.29, 1.82) is 0 Å². The second kappa shape index (κ2) is 6.33. The Morgan fingerprint density at radius 3 is 2.68 bits per heavy atom. The molecule has 4 rings (SSSR count). The number of aromatic nitrogens is 3. The van der Waals surface area contributed by atoms with E-state index in [1.807, 2.05) is 25.1 Å². The molecule has 0 bridgehead atoms. The maximum absolute atomic E-state index is 12.1. The van der Waals surface area contributed by atoms with E-state index in [1.165, 1.54) is 4.57 Å². The standard InChI is InChI=1S/C18H21N5O2/c1-13-10-19-17(25-13)11-22-5-7-23(8-6-22)14-3-4-15-16(9-14)20-12-21(2)18(15)24/h3-4,9-10,12H,5-8,11H2,1-2H3. The van der Waals surface area contributed by atoms with E-state index in [9.17, 15) is 4.79 Å². The number of benzene rings is 1. The highest BCUT2D eigenvalue weighted by molar-refractivity contribution is 5.81. The number of hydrogen-bond donors (Lipinski definition) is 0. The second-order valence-electron chi connectivity index (χ2n) is 6.49. The van der Waals surface area contributed by atoms with Crippen molar-refractivity contribution in [3.8, 4) is 0 Å². The van der Waals surface area contributed by atoms with Crippen molar-refractivity contribution in [1.82, 2.24) is 19.4 Å². The maximum Gasteiger partial charge on any atom is 0.260 e. The lowest BCUT2D eigenvalue weighted by Gasteiger charge is -2.35. The highest BCUT2D eigenvalue weighted by Gasteiger charge is 2.19. The molecule has 1 aliphatic heterocycles. The summed E-state index contributed by atoms with van der Waals surface area (Å²) in [5.41, 5.74) is 1.85. The molecule has 0 radical (unpaired) electrons. The Morgan fingerprint density at radius 2 is 1.96 bits per heavy atom. The summed E-state index contributed by atoms with van der Waals surface area (Å²) in [4.78, 5) is 25.4. The van der Waals surface area contributed by atoms with E-state index < -0.39 is 0 Å². The van der Waals surface area contributed by atoms with Gasteiger partial charge in [-0.15, -0.1) is 0 Å². The first-order chi connectivity index (χ1) is 12.1. The van der Waals surface area contributed by atoms with E-state index in [0.717, 1.165) is 55.6 Å². The van der Waals surface area contributed by atoms with Crippen LogP contribution in [0.15, 0.2) is 39.9 Å². The highest BCUT2D eigenvalue weighted by Crippen LogP contribution is 2.21. The predicted octanol–water partition coefficient (Wildman–Crippen LogP) is 1.55. The van der Waals surface area contributed by atoms with Crippen LogP contribution in [0.3, 0.4) is 0 Å². The number of fused-ring (bicyclic) bond motifs is 1. The summed E-state index contributed by atoms with van der Waals surface area (Å²) in [5, 5.41) is 0.659. The number of piperazine rings is 1. The smallest absolute Gasteiger partial charge is 0.260 e. The fourth-order valence-electron chi connectivity index (χ4n) is 3.23. The summed E-state index contributed by atoms with van der Waals surface area (Å²) >= 11 is 0. The summed E-state index contributed by atoms with van der Waals surface area (Å²) in [6, 6.07) is 5.89. The van der Waals surface area contributed by atoms with Gasteiger partial charge in [-0.3, -0.25) is 9.69 Å². The van der Waals surface area contributed by atoms with Crippen LogP contribution in [-0.4, -0.2) is 45.6 Å². The van der Waals surface area contributed by atoms with Crippen LogP contribution in [0, 0.1) is 6.92 Å². The predicted molar refractivity (Wildman–Crippen MR) is 95.7 cm³/mol. The van der Waals surface area contributed by atoms with Crippen molar-refractivity contribution in [2.24, 2.45) is 7.05 Å². The van der Waals surface area contributed by atoms with Gasteiger partial charge in [0, 0.05) is 38.9 Å². The van der Waals surface area contributed by atoms with E-state index >= 15 is 0 Å². The molecule has 1 saturated heterocycles. The van der Waals surface area contributed by atoms with Gasteiger partial charge in [-0.2, -0.15) is 0 Å². The zero-order valence-electron chi connectivity index (χ0n) is 14.5. The Labute approximate surface area is 145 Å². The van der Waals surface area contributed by atoms with Crippen LogP contribution in [-0.2, 0) is 13.6 Å². The molecule has 3 aromatic rings. The summed E-state index contributed by atoms with van der Waals surface area (Å²) in [7, 11) is 1.72. The van der Waals surface area contributed by atoms with Crippen molar-refractivity contribution in [2.45, 2.75) is 13.5 Å². The van der Waals surface area contributed by atoms with Crippen LogP contribution in [0.1, 0.15) is 11.7 Å². The van der Waals surface area contributed by atoms with E-state index in [1.54, 1.807) is 19.6 Å². The molecule has 3 heterocycles.